The Morgan fingerprint density at radius 1 is 1.47 bits per heavy atom. The molecule has 1 atom stereocenters. The number of rotatable bonds is 3. The highest BCUT2D eigenvalue weighted by Crippen LogP contribution is 2.36. The van der Waals surface area contributed by atoms with Crippen LogP contribution in [0.15, 0.2) is 29.6 Å². The quantitative estimate of drug-likeness (QED) is 0.903. The van der Waals surface area contributed by atoms with Crippen LogP contribution < -0.4 is 0 Å². The summed E-state index contributed by atoms with van der Waals surface area (Å²) in [7, 11) is 0. The molecule has 0 saturated carbocycles. The molecule has 1 aliphatic rings. The fourth-order valence-corrected chi connectivity index (χ4v) is 2.13. The molecule has 1 aromatic rings. The number of carbonyl (C=O) groups excluding carboxylic acids is 1. The van der Waals surface area contributed by atoms with Crippen LogP contribution in [0.4, 0.5) is 0 Å². The Morgan fingerprint density at radius 3 is 2.63 bits per heavy atom. The maximum atomic E-state index is 12.2. The van der Waals surface area contributed by atoms with E-state index in [0.717, 1.165) is 12.1 Å². The van der Waals surface area contributed by atoms with Crippen LogP contribution in [-0.4, -0.2) is 26.7 Å². The van der Waals surface area contributed by atoms with E-state index in [0.29, 0.717) is 12.0 Å². The third kappa shape index (κ3) is 2.38. The van der Waals surface area contributed by atoms with Crippen molar-refractivity contribution in [2.75, 3.05) is 0 Å². The minimum atomic E-state index is -1.38. The Morgan fingerprint density at radius 2 is 2.11 bits per heavy atom. The predicted octanol–water partition coefficient (Wildman–Crippen LogP) is 1.88. The van der Waals surface area contributed by atoms with Crippen LogP contribution in [0, 0.1) is 5.92 Å². The first-order chi connectivity index (χ1) is 8.99. The lowest BCUT2D eigenvalue weighted by atomic mass is 9.97. The highest BCUT2D eigenvalue weighted by Gasteiger charge is 2.45. The van der Waals surface area contributed by atoms with E-state index in [1.165, 1.54) is 5.01 Å². The second-order valence-electron chi connectivity index (χ2n) is 5.05. The highest BCUT2D eigenvalue weighted by atomic mass is 16.3. The summed E-state index contributed by atoms with van der Waals surface area (Å²) in [4.78, 5) is 16.2. The van der Waals surface area contributed by atoms with Gasteiger partial charge in [0.05, 0.1) is 0 Å². The number of nitrogens with zero attached hydrogens (tertiary/aromatic N) is 3. The van der Waals surface area contributed by atoms with Crippen LogP contribution in [0.2, 0.25) is 0 Å². The highest BCUT2D eigenvalue weighted by molar-refractivity contribution is 5.91. The van der Waals surface area contributed by atoms with Crippen molar-refractivity contribution in [1.29, 1.82) is 0 Å². The van der Waals surface area contributed by atoms with Crippen LogP contribution in [0.25, 0.3) is 0 Å². The molecular weight excluding hydrogens is 242 g/mol. The van der Waals surface area contributed by atoms with Crippen molar-refractivity contribution in [3.05, 3.63) is 30.1 Å². The Hall–Kier alpha value is -1.75. The number of aromatic nitrogens is 1. The molecule has 0 aliphatic carbocycles. The van der Waals surface area contributed by atoms with E-state index in [1.807, 2.05) is 6.92 Å². The molecule has 0 fully saturated rings. The van der Waals surface area contributed by atoms with Gasteiger partial charge < -0.3 is 5.11 Å². The van der Waals surface area contributed by atoms with Crippen LogP contribution in [0.1, 0.15) is 39.2 Å². The van der Waals surface area contributed by atoms with Gasteiger partial charge in [-0.15, -0.1) is 0 Å². The van der Waals surface area contributed by atoms with Gasteiger partial charge in [0, 0.05) is 36.0 Å². The number of carbonyl (C=O) groups is 1. The summed E-state index contributed by atoms with van der Waals surface area (Å²) in [5, 5.41) is 16.4. The smallest absolute Gasteiger partial charge is 0.248 e. The number of pyridine rings is 1. The molecule has 2 heterocycles. The fraction of sp³-hybridized carbons (Fsp3) is 0.500. The maximum absolute atomic E-state index is 12.2. The largest absolute Gasteiger partial charge is 0.365 e. The maximum Gasteiger partial charge on any atom is 0.248 e. The van der Waals surface area contributed by atoms with Crippen molar-refractivity contribution in [2.45, 2.75) is 39.3 Å². The number of hydrogen-bond acceptors (Lipinski definition) is 4. The first-order valence-corrected chi connectivity index (χ1v) is 6.52. The van der Waals surface area contributed by atoms with Gasteiger partial charge in [-0.1, -0.05) is 20.8 Å². The molecule has 1 aromatic heterocycles. The summed E-state index contributed by atoms with van der Waals surface area (Å²) in [6.45, 7) is 5.57. The zero-order valence-corrected chi connectivity index (χ0v) is 11.5. The molecule has 1 N–H and O–H groups in total. The van der Waals surface area contributed by atoms with Crippen LogP contribution in [-0.2, 0) is 10.5 Å². The zero-order valence-electron chi connectivity index (χ0n) is 11.5. The van der Waals surface area contributed by atoms with Crippen molar-refractivity contribution in [3.8, 4) is 0 Å². The van der Waals surface area contributed by atoms with Gasteiger partial charge in [-0.05, 0) is 18.6 Å². The van der Waals surface area contributed by atoms with E-state index in [2.05, 4.69) is 10.1 Å². The summed E-state index contributed by atoms with van der Waals surface area (Å²) in [6.07, 6.45) is 4.28. The van der Waals surface area contributed by atoms with Gasteiger partial charge in [-0.2, -0.15) is 10.1 Å². The SMILES string of the molecule is CCC1=NN(C(=O)C(C)C)[C@](O)(c2ccncc2)C1. The normalized spacial score (nSPS) is 22.8. The van der Waals surface area contributed by atoms with Crippen molar-refractivity contribution in [3.63, 3.8) is 0 Å². The molecule has 2 rings (SSSR count). The van der Waals surface area contributed by atoms with E-state index in [4.69, 9.17) is 0 Å². The summed E-state index contributed by atoms with van der Waals surface area (Å²) >= 11 is 0. The van der Waals surface area contributed by atoms with Gasteiger partial charge in [0.25, 0.3) is 0 Å². The third-order valence-electron chi connectivity index (χ3n) is 3.30. The molecule has 5 nitrogen and oxygen atoms in total. The van der Waals surface area contributed by atoms with E-state index in [-0.39, 0.29) is 11.8 Å². The minimum Gasteiger partial charge on any atom is -0.365 e. The Labute approximate surface area is 113 Å². The average Bonchev–Trinajstić information content (AvgIpc) is 2.77. The van der Waals surface area contributed by atoms with Crippen LogP contribution >= 0.6 is 0 Å². The summed E-state index contributed by atoms with van der Waals surface area (Å²) < 4.78 is 0. The lowest BCUT2D eigenvalue weighted by Crippen LogP contribution is -2.45. The fourth-order valence-electron chi connectivity index (χ4n) is 2.13. The first-order valence-electron chi connectivity index (χ1n) is 6.52. The van der Waals surface area contributed by atoms with Gasteiger partial charge in [0.1, 0.15) is 0 Å². The number of hydrazone groups is 1. The van der Waals surface area contributed by atoms with E-state index in [9.17, 15) is 9.90 Å². The summed E-state index contributed by atoms with van der Waals surface area (Å²) in [5.41, 5.74) is 0.0901. The van der Waals surface area contributed by atoms with Crippen molar-refractivity contribution in [2.24, 2.45) is 11.0 Å². The van der Waals surface area contributed by atoms with Gasteiger partial charge in [-0.3, -0.25) is 9.78 Å². The lowest BCUT2D eigenvalue weighted by molar-refractivity contribution is -0.161. The molecule has 0 aromatic carbocycles. The molecule has 0 saturated heterocycles. The summed E-state index contributed by atoms with van der Waals surface area (Å²) in [6, 6.07) is 3.43. The molecule has 102 valence electrons. The molecule has 0 bridgehead atoms. The molecule has 1 aliphatic heterocycles. The second kappa shape index (κ2) is 5.09. The standard InChI is InChI=1S/C14H19N3O2/c1-4-12-9-14(19,11-5-7-15-8-6-11)17(16-12)13(18)10(2)3/h5-8,10,19H,4,9H2,1-3H3/t14-/m1/s1. The molecule has 19 heavy (non-hydrogen) atoms. The monoisotopic (exact) mass is 261 g/mol. The van der Waals surface area contributed by atoms with E-state index in [1.54, 1.807) is 38.4 Å². The minimum absolute atomic E-state index is 0.178. The molecule has 0 spiro atoms. The topological polar surface area (TPSA) is 65.8 Å². The van der Waals surface area contributed by atoms with E-state index < -0.39 is 5.72 Å². The number of amides is 1. The zero-order chi connectivity index (χ0) is 14.0. The van der Waals surface area contributed by atoms with Gasteiger partial charge in [-0.25, -0.2) is 0 Å². The van der Waals surface area contributed by atoms with Gasteiger partial charge in [0.15, 0.2) is 5.72 Å². The van der Waals surface area contributed by atoms with Crippen LogP contribution in [0.3, 0.4) is 0 Å². The van der Waals surface area contributed by atoms with Crippen LogP contribution in [0.5, 0.6) is 0 Å². The predicted molar refractivity (Wildman–Crippen MR) is 72.2 cm³/mol. The van der Waals surface area contributed by atoms with Gasteiger partial charge in [0.2, 0.25) is 5.91 Å². The Balaban J connectivity index is 2.41. The molecule has 0 radical (unpaired) electrons. The lowest BCUT2D eigenvalue weighted by Gasteiger charge is -2.32. The van der Waals surface area contributed by atoms with Gasteiger partial charge >= 0.3 is 0 Å². The number of aliphatic hydroxyl groups is 1. The Kier molecular flexibility index (Phi) is 3.66. The second-order valence-corrected chi connectivity index (χ2v) is 5.05. The molecule has 1 amide bonds. The first kappa shape index (κ1) is 13.7. The molecule has 5 heteroatoms. The average molecular weight is 261 g/mol. The van der Waals surface area contributed by atoms with Crippen molar-refractivity contribution < 1.29 is 9.90 Å². The third-order valence-corrected chi connectivity index (χ3v) is 3.30. The Bertz CT molecular complexity index is 499. The molecular formula is C14H19N3O2. The van der Waals surface area contributed by atoms with Crippen molar-refractivity contribution >= 4 is 11.6 Å². The van der Waals surface area contributed by atoms with E-state index >= 15 is 0 Å². The van der Waals surface area contributed by atoms with Crippen molar-refractivity contribution in [1.82, 2.24) is 9.99 Å². The molecule has 0 unspecified atom stereocenters. The number of hydrogen-bond donors (Lipinski definition) is 1. The summed E-state index contributed by atoms with van der Waals surface area (Å²) in [5.74, 6) is -0.393.